The average molecular weight is 370 g/mol. The van der Waals surface area contributed by atoms with E-state index in [2.05, 4.69) is 10.1 Å². The molecule has 0 radical (unpaired) electrons. The Morgan fingerprint density at radius 2 is 1.81 bits per heavy atom. The van der Waals surface area contributed by atoms with Crippen molar-refractivity contribution >= 4 is 17.3 Å². The molecule has 0 saturated heterocycles. The van der Waals surface area contributed by atoms with Gasteiger partial charge in [0.1, 0.15) is 17.2 Å². The molecular formula is C20H20F2N4O. The third-order valence-electron chi connectivity index (χ3n) is 4.91. The molecule has 2 heterocycles. The van der Waals surface area contributed by atoms with Crippen molar-refractivity contribution in [3.63, 3.8) is 0 Å². The lowest BCUT2D eigenvalue weighted by Gasteiger charge is -2.21. The number of aromatic nitrogens is 2. The quantitative estimate of drug-likeness (QED) is 0.659. The maximum atomic E-state index is 14.6. The number of halogens is 2. The Morgan fingerprint density at radius 3 is 2.52 bits per heavy atom. The molecule has 4 rings (SSSR count). The highest BCUT2D eigenvalue weighted by Gasteiger charge is 2.26. The Morgan fingerprint density at radius 1 is 1.11 bits per heavy atom. The van der Waals surface area contributed by atoms with E-state index in [1.165, 1.54) is 17.7 Å². The van der Waals surface area contributed by atoms with E-state index in [1.807, 2.05) is 47.9 Å². The molecule has 0 N–H and O–H groups in total. The van der Waals surface area contributed by atoms with E-state index in [9.17, 15) is 8.78 Å². The number of fused-ring (bicyclic) bond motifs is 1. The lowest BCUT2D eigenvalue weighted by molar-refractivity contribution is 0.425. The minimum atomic E-state index is -0.714. The summed E-state index contributed by atoms with van der Waals surface area (Å²) in [5, 5.41) is 3.94. The van der Waals surface area contributed by atoms with Gasteiger partial charge in [-0.1, -0.05) is 18.2 Å². The maximum absolute atomic E-state index is 14.6. The van der Waals surface area contributed by atoms with Crippen molar-refractivity contribution in [3.8, 4) is 11.5 Å². The van der Waals surface area contributed by atoms with Crippen molar-refractivity contribution in [1.82, 2.24) is 10.1 Å². The van der Waals surface area contributed by atoms with Crippen LogP contribution in [0.25, 0.3) is 11.5 Å². The summed E-state index contributed by atoms with van der Waals surface area (Å²) in [6.45, 7) is 5.89. The van der Waals surface area contributed by atoms with Gasteiger partial charge in [-0.25, -0.2) is 8.78 Å². The normalized spacial score (nSPS) is 13.1. The zero-order valence-electron chi connectivity index (χ0n) is 15.2. The summed E-state index contributed by atoms with van der Waals surface area (Å²) in [5.41, 5.74) is 2.37. The zero-order chi connectivity index (χ0) is 19.0. The average Bonchev–Trinajstić information content (AvgIpc) is 3.29. The number of benzene rings is 2. The summed E-state index contributed by atoms with van der Waals surface area (Å²) in [7, 11) is 0. The second-order valence-corrected chi connectivity index (χ2v) is 6.39. The maximum Gasteiger partial charge on any atom is 0.270 e. The highest BCUT2D eigenvalue weighted by atomic mass is 19.1. The van der Waals surface area contributed by atoms with Crippen LogP contribution >= 0.6 is 0 Å². The van der Waals surface area contributed by atoms with Crippen LogP contribution in [0.1, 0.15) is 19.4 Å². The summed E-state index contributed by atoms with van der Waals surface area (Å²) in [6, 6.07) is 10.5. The van der Waals surface area contributed by atoms with E-state index >= 15 is 0 Å². The van der Waals surface area contributed by atoms with E-state index in [4.69, 9.17) is 4.52 Å². The van der Waals surface area contributed by atoms with Crippen LogP contribution in [0.5, 0.6) is 0 Å². The molecule has 1 aliphatic heterocycles. The van der Waals surface area contributed by atoms with Gasteiger partial charge in [0.2, 0.25) is 0 Å². The standard InChI is InChI=1S/C20H20F2N4O/c1-3-25(4-2)14-11-15(21)18(16(22)12-14)19-23-20(24-27-19)26-10-9-13-7-5-6-8-17(13)26/h5-8,11-12H,3-4,9-10H2,1-2H3. The van der Waals surface area contributed by atoms with Crippen molar-refractivity contribution in [2.24, 2.45) is 0 Å². The lowest BCUT2D eigenvalue weighted by Crippen LogP contribution is -2.22. The second kappa shape index (κ2) is 6.98. The van der Waals surface area contributed by atoms with Gasteiger partial charge in [0.15, 0.2) is 0 Å². The lowest BCUT2D eigenvalue weighted by atomic mass is 10.1. The molecule has 1 aliphatic rings. The van der Waals surface area contributed by atoms with E-state index in [1.54, 1.807) is 0 Å². The molecule has 3 aromatic rings. The van der Waals surface area contributed by atoms with Gasteiger partial charge in [0, 0.05) is 31.0 Å². The van der Waals surface area contributed by atoms with Gasteiger partial charge < -0.3 is 14.3 Å². The first-order valence-corrected chi connectivity index (χ1v) is 9.05. The Balaban J connectivity index is 1.68. The Hall–Kier alpha value is -2.96. The molecule has 27 heavy (non-hydrogen) atoms. The number of para-hydroxylation sites is 1. The van der Waals surface area contributed by atoms with Gasteiger partial charge in [-0.3, -0.25) is 0 Å². The third-order valence-corrected chi connectivity index (χ3v) is 4.91. The first kappa shape index (κ1) is 17.5. The van der Waals surface area contributed by atoms with E-state index < -0.39 is 11.6 Å². The molecular weight excluding hydrogens is 350 g/mol. The van der Waals surface area contributed by atoms with Crippen LogP contribution < -0.4 is 9.80 Å². The molecule has 2 aromatic carbocycles. The highest BCUT2D eigenvalue weighted by molar-refractivity contribution is 5.67. The number of rotatable bonds is 5. The Kier molecular flexibility index (Phi) is 4.51. The molecule has 5 nitrogen and oxygen atoms in total. The van der Waals surface area contributed by atoms with E-state index in [0.717, 1.165) is 12.1 Å². The van der Waals surface area contributed by atoms with Crippen molar-refractivity contribution in [1.29, 1.82) is 0 Å². The predicted molar refractivity (Wildman–Crippen MR) is 100 cm³/mol. The second-order valence-electron chi connectivity index (χ2n) is 6.39. The monoisotopic (exact) mass is 370 g/mol. The summed E-state index contributed by atoms with van der Waals surface area (Å²) >= 11 is 0. The van der Waals surface area contributed by atoms with Crippen LogP contribution in [0.3, 0.4) is 0 Å². The van der Waals surface area contributed by atoms with Gasteiger partial charge in [-0.05, 0) is 49.2 Å². The molecule has 0 unspecified atom stereocenters. The fourth-order valence-electron chi connectivity index (χ4n) is 3.51. The number of nitrogens with zero attached hydrogens (tertiary/aromatic N) is 4. The molecule has 0 amide bonds. The van der Waals surface area contributed by atoms with Crippen molar-refractivity contribution in [2.45, 2.75) is 20.3 Å². The number of anilines is 3. The largest absolute Gasteiger partial charge is 0.372 e. The molecule has 0 aliphatic carbocycles. The topological polar surface area (TPSA) is 45.4 Å². The Bertz CT molecular complexity index is 945. The van der Waals surface area contributed by atoms with Crippen molar-refractivity contribution < 1.29 is 13.3 Å². The summed E-state index contributed by atoms with van der Waals surface area (Å²) < 4.78 is 34.5. The minimum absolute atomic E-state index is 0.157. The molecule has 0 saturated carbocycles. The molecule has 0 bridgehead atoms. The van der Waals surface area contributed by atoms with Crippen molar-refractivity contribution in [2.75, 3.05) is 29.4 Å². The molecule has 0 fully saturated rings. The van der Waals surface area contributed by atoms with Crippen LogP contribution in [0.4, 0.5) is 26.1 Å². The van der Waals surface area contributed by atoms with Crippen LogP contribution in [-0.4, -0.2) is 29.8 Å². The summed E-state index contributed by atoms with van der Waals surface area (Å²) in [5.74, 6) is -1.28. The fourth-order valence-corrected chi connectivity index (χ4v) is 3.51. The molecule has 7 heteroatoms. The highest BCUT2D eigenvalue weighted by Crippen LogP contribution is 2.35. The number of hydrogen-bond donors (Lipinski definition) is 0. The first-order valence-electron chi connectivity index (χ1n) is 9.05. The van der Waals surface area contributed by atoms with E-state index in [-0.39, 0.29) is 11.5 Å². The van der Waals surface area contributed by atoms with Gasteiger partial charge in [0.25, 0.3) is 11.8 Å². The van der Waals surface area contributed by atoms with Gasteiger partial charge in [0.05, 0.1) is 0 Å². The van der Waals surface area contributed by atoms with Gasteiger partial charge in [-0.15, -0.1) is 0 Å². The first-order chi connectivity index (χ1) is 13.1. The minimum Gasteiger partial charge on any atom is -0.372 e. The number of hydrogen-bond acceptors (Lipinski definition) is 5. The predicted octanol–water partition coefficient (Wildman–Crippen LogP) is 4.56. The smallest absolute Gasteiger partial charge is 0.270 e. The fraction of sp³-hybridized carbons (Fsp3) is 0.300. The molecule has 0 spiro atoms. The zero-order valence-corrected chi connectivity index (χ0v) is 15.2. The molecule has 140 valence electrons. The SMILES string of the molecule is CCN(CC)c1cc(F)c(-c2nc(N3CCc4ccccc43)no2)c(F)c1. The van der Waals surface area contributed by atoms with Gasteiger partial charge >= 0.3 is 0 Å². The van der Waals surface area contributed by atoms with Crippen LogP contribution in [0.2, 0.25) is 0 Å². The van der Waals surface area contributed by atoms with E-state index in [0.29, 0.717) is 31.3 Å². The molecule has 0 atom stereocenters. The van der Waals surface area contributed by atoms with Gasteiger partial charge in [-0.2, -0.15) is 4.98 Å². The third kappa shape index (κ3) is 3.03. The van der Waals surface area contributed by atoms with Crippen molar-refractivity contribution in [3.05, 3.63) is 53.6 Å². The van der Waals surface area contributed by atoms with Crippen LogP contribution in [0.15, 0.2) is 40.9 Å². The summed E-state index contributed by atoms with van der Waals surface area (Å²) in [4.78, 5) is 8.02. The Labute approximate surface area is 156 Å². The molecule has 1 aromatic heterocycles. The van der Waals surface area contributed by atoms with Crippen LogP contribution in [0, 0.1) is 11.6 Å². The van der Waals surface area contributed by atoms with Crippen LogP contribution in [-0.2, 0) is 6.42 Å². The summed E-state index contributed by atoms with van der Waals surface area (Å²) in [6.07, 6.45) is 0.862.